The molecule has 0 aliphatic heterocycles. The molecule has 0 bridgehead atoms. The highest BCUT2D eigenvalue weighted by atomic mass is 32.2. The Morgan fingerprint density at radius 3 is 2.55 bits per heavy atom. The number of ether oxygens (including phenoxy) is 1. The maximum absolute atomic E-state index is 12.3. The molecule has 1 atom stereocenters. The molecule has 0 unspecified atom stereocenters. The first-order valence-corrected chi connectivity index (χ1v) is 7.38. The van der Waals surface area contributed by atoms with E-state index < -0.39 is 22.7 Å². The Bertz CT molecular complexity index is 473. The van der Waals surface area contributed by atoms with Gasteiger partial charge in [0.15, 0.2) is 0 Å². The van der Waals surface area contributed by atoms with Gasteiger partial charge in [0.1, 0.15) is 21.9 Å². The van der Waals surface area contributed by atoms with Gasteiger partial charge in [-0.25, -0.2) is 0 Å². The van der Waals surface area contributed by atoms with Gasteiger partial charge in [-0.3, -0.25) is 0 Å². The molecule has 0 radical (unpaired) electrons. The molecule has 0 saturated carbocycles. The van der Waals surface area contributed by atoms with Crippen molar-refractivity contribution in [1.29, 1.82) is 0 Å². The van der Waals surface area contributed by atoms with E-state index >= 15 is 0 Å². The number of hydrogen-bond acceptors (Lipinski definition) is 3. The largest absolute Gasteiger partial charge is 0.591 e. The Kier molecular flexibility index (Phi) is 5.95. The lowest BCUT2D eigenvalue weighted by atomic mass is 10.1. The van der Waals surface area contributed by atoms with Crippen LogP contribution < -0.4 is 4.74 Å². The molecule has 3 nitrogen and oxygen atoms in total. The Morgan fingerprint density at radius 2 is 2.05 bits per heavy atom. The molecule has 112 valence electrons. The molecular formula is C14H19F2NO2S. The van der Waals surface area contributed by atoms with Crippen LogP contribution in [0.5, 0.6) is 5.75 Å². The van der Waals surface area contributed by atoms with Gasteiger partial charge in [0.25, 0.3) is 0 Å². The van der Waals surface area contributed by atoms with Crippen molar-refractivity contribution >= 4 is 17.6 Å². The van der Waals surface area contributed by atoms with Crippen LogP contribution in [0.3, 0.4) is 0 Å². The highest BCUT2D eigenvalue weighted by molar-refractivity contribution is 7.91. The van der Waals surface area contributed by atoms with E-state index in [-0.39, 0.29) is 5.75 Å². The van der Waals surface area contributed by atoms with Gasteiger partial charge in [0.05, 0.1) is 6.21 Å². The average molecular weight is 303 g/mol. The average Bonchev–Trinajstić information content (AvgIpc) is 2.34. The zero-order chi connectivity index (χ0) is 15.3. The van der Waals surface area contributed by atoms with Crippen LogP contribution in [0.25, 0.3) is 0 Å². The summed E-state index contributed by atoms with van der Waals surface area (Å²) in [5.41, 5.74) is 1.27. The molecule has 0 saturated heterocycles. The van der Waals surface area contributed by atoms with Crippen LogP contribution >= 0.6 is 0 Å². The Hall–Kier alpha value is -1.14. The molecule has 6 heteroatoms. The van der Waals surface area contributed by atoms with Gasteiger partial charge < -0.3 is 9.29 Å². The molecule has 0 aromatic heterocycles. The lowest BCUT2D eigenvalue weighted by Crippen LogP contribution is -2.25. The summed E-state index contributed by atoms with van der Waals surface area (Å²) < 4.78 is 44.4. The third-order valence-corrected chi connectivity index (χ3v) is 3.85. The summed E-state index contributed by atoms with van der Waals surface area (Å²) in [6, 6.07) is 4.92. The number of rotatable bonds is 5. The third-order valence-electron chi connectivity index (χ3n) is 2.51. The van der Waals surface area contributed by atoms with Crippen molar-refractivity contribution in [3.8, 4) is 5.75 Å². The Labute approximate surface area is 121 Å². The lowest BCUT2D eigenvalue weighted by Gasteiger charge is -2.17. The predicted octanol–water partition coefficient (Wildman–Crippen LogP) is 3.73. The highest BCUT2D eigenvalue weighted by Gasteiger charge is 2.25. The van der Waals surface area contributed by atoms with Gasteiger partial charge in [-0.05, 0) is 38.8 Å². The molecule has 1 rings (SSSR count). The van der Waals surface area contributed by atoms with Gasteiger partial charge in [-0.2, -0.15) is 8.78 Å². The predicted molar refractivity (Wildman–Crippen MR) is 77.9 cm³/mol. The van der Waals surface area contributed by atoms with Crippen LogP contribution in [0.4, 0.5) is 8.78 Å². The van der Waals surface area contributed by atoms with Crippen molar-refractivity contribution in [3.05, 3.63) is 29.3 Å². The van der Waals surface area contributed by atoms with E-state index in [4.69, 9.17) is 0 Å². The van der Waals surface area contributed by atoms with Gasteiger partial charge in [-0.15, -0.1) is 0 Å². The summed E-state index contributed by atoms with van der Waals surface area (Å²) in [6.07, 6.45) is 2.01. The fraction of sp³-hybridized carbons (Fsp3) is 0.500. The fourth-order valence-corrected chi connectivity index (χ4v) is 1.95. The minimum atomic E-state index is -2.86. The van der Waals surface area contributed by atoms with E-state index in [1.165, 1.54) is 12.3 Å². The van der Waals surface area contributed by atoms with Crippen LogP contribution in [0, 0.1) is 0 Å². The maximum Gasteiger partial charge on any atom is 0.387 e. The summed E-state index contributed by atoms with van der Waals surface area (Å²) in [7, 11) is 0. The van der Waals surface area contributed by atoms with Crippen molar-refractivity contribution in [2.24, 2.45) is 4.40 Å². The van der Waals surface area contributed by atoms with E-state index in [2.05, 4.69) is 9.13 Å². The standard InChI is InChI=1S/C14H19F2NO2S/c1-5-11-7-6-10(8-12(11)19-13(15)16)9-17-20(18)14(2,3)4/h6-9,13H,5H2,1-4H3/b17-9+/t20-/m1/s1. The van der Waals surface area contributed by atoms with Crippen LogP contribution in [0.2, 0.25) is 0 Å². The van der Waals surface area contributed by atoms with E-state index in [0.717, 1.165) is 0 Å². The van der Waals surface area contributed by atoms with Gasteiger partial charge in [-0.1, -0.05) is 23.5 Å². The first-order chi connectivity index (χ1) is 9.24. The van der Waals surface area contributed by atoms with Crippen molar-refractivity contribution < 1.29 is 18.1 Å². The first kappa shape index (κ1) is 16.9. The number of aryl methyl sites for hydroxylation is 1. The number of alkyl halides is 2. The number of benzene rings is 1. The summed E-state index contributed by atoms with van der Waals surface area (Å²) in [6.45, 7) is 4.43. The number of hydrogen-bond donors (Lipinski definition) is 0. The molecular weight excluding hydrogens is 284 g/mol. The summed E-state index contributed by atoms with van der Waals surface area (Å²) in [5, 5.41) is 0. The minimum absolute atomic E-state index is 0.132. The lowest BCUT2D eigenvalue weighted by molar-refractivity contribution is -0.0504. The van der Waals surface area contributed by atoms with E-state index in [0.29, 0.717) is 17.5 Å². The molecule has 0 heterocycles. The van der Waals surface area contributed by atoms with E-state index in [9.17, 15) is 13.3 Å². The van der Waals surface area contributed by atoms with E-state index in [1.807, 2.05) is 27.7 Å². The van der Waals surface area contributed by atoms with Crippen LogP contribution in [-0.2, 0) is 17.8 Å². The van der Waals surface area contributed by atoms with Crippen molar-refractivity contribution in [2.45, 2.75) is 45.5 Å². The summed E-state index contributed by atoms with van der Waals surface area (Å²) in [4.78, 5) is 0. The molecule has 20 heavy (non-hydrogen) atoms. The first-order valence-electron chi connectivity index (χ1n) is 6.28. The quantitative estimate of drug-likeness (QED) is 0.614. The fourth-order valence-electron chi connectivity index (χ4n) is 1.42. The summed E-state index contributed by atoms with van der Waals surface area (Å²) >= 11 is -1.38. The molecule has 0 amide bonds. The summed E-state index contributed by atoms with van der Waals surface area (Å²) in [5.74, 6) is 0.132. The Balaban J connectivity index is 2.94. The smallest absolute Gasteiger partial charge is 0.387 e. The molecule has 0 N–H and O–H groups in total. The third kappa shape index (κ3) is 5.09. The SMILES string of the molecule is CCc1ccc(/C=N/[S@+]([O-])C(C)(C)C)cc1OC(F)F. The molecule has 0 spiro atoms. The monoisotopic (exact) mass is 303 g/mol. The molecule has 1 aromatic rings. The molecule has 0 aliphatic carbocycles. The van der Waals surface area contributed by atoms with Crippen molar-refractivity contribution in [1.82, 2.24) is 0 Å². The highest BCUT2D eigenvalue weighted by Crippen LogP contribution is 2.23. The second-order valence-corrected chi connectivity index (χ2v) is 7.13. The molecule has 0 aliphatic rings. The van der Waals surface area contributed by atoms with Gasteiger partial charge in [0, 0.05) is 5.56 Å². The van der Waals surface area contributed by atoms with Crippen molar-refractivity contribution in [2.75, 3.05) is 0 Å². The molecule has 0 fully saturated rings. The number of halogens is 2. The van der Waals surface area contributed by atoms with Crippen molar-refractivity contribution in [3.63, 3.8) is 0 Å². The van der Waals surface area contributed by atoms with Crippen LogP contribution in [0.1, 0.15) is 38.8 Å². The normalized spacial score (nSPS) is 14.0. The zero-order valence-electron chi connectivity index (χ0n) is 12.0. The Morgan fingerprint density at radius 1 is 1.40 bits per heavy atom. The van der Waals surface area contributed by atoms with Gasteiger partial charge in [0.2, 0.25) is 0 Å². The topological polar surface area (TPSA) is 44.7 Å². The molecule has 1 aromatic carbocycles. The minimum Gasteiger partial charge on any atom is -0.591 e. The van der Waals surface area contributed by atoms with Gasteiger partial charge >= 0.3 is 6.61 Å². The van der Waals surface area contributed by atoms with Crippen LogP contribution in [-0.4, -0.2) is 22.1 Å². The maximum atomic E-state index is 12.3. The van der Waals surface area contributed by atoms with Crippen LogP contribution in [0.15, 0.2) is 22.6 Å². The second kappa shape index (κ2) is 7.04. The van der Waals surface area contributed by atoms with E-state index in [1.54, 1.807) is 12.1 Å². The zero-order valence-corrected chi connectivity index (χ0v) is 12.8. The number of nitrogens with zero attached hydrogens (tertiary/aromatic N) is 1. The second-order valence-electron chi connectivity index (χ2n) is 5.20.